The number of carbonyl (C=O) groups is 2. The van der Waals surface area contributed by atoms with E-state index in [9.17, 15) is 9.59 Å². The molecule has 5 heterocycles. The molecule has 2 aliphatic heterocycles. The summed E-state index contributed by atoms with van der Waals surface area (Å²) in [5, 5.41) is 5.00. The number of imide groups is 1. The number of aryl methyl sites for hydroxylation is 2. The maximum atomic E-state index is 12.4. The van der Waals surface area contributed by atoms with Crippen molar-refractivity contribution in [1.82, 2.24) is 24.8 Å². The maximum Gasteiger partial charge on any atom is 0.327 e. The lowest BCUT2D eigenvalue weighted by atomic mass is 9.89. The van der Waals surface area contributed by atoms with Crippen molar-refractivity contribution in [1.29, 1.82) is 0 Å². The number of ether oxygens (including phenoxy) is 2. The first-order valence-corrected chi connectivity index (χ1v) is 10.8. The fourth-order valence-electron chi connectivity index (χ4n) is 4.27. The minimum absolute atomic E-state index is 0. The van der Waals surface area contributed by atoms with Crippen LogP contribution in [0.5, 0.6) is 11.5 Å². The summed E-state index contributed by atoms with van der Waals surface area (Å²) in [6, 6.07) is 6.26. The van der Waals surface area contributed by atoms with Crippen LogP contribution in [0.15, 0.2) is 43.0 Å². The third-order valence-corrected chi connectivity index (χ3v) is 5.88. The van der Waals surface area contributed by atoms with E-state index in [1.807, 2.05) is 17.7 Å². The van der Waals surface area contributed by atoms with Crippen molar-refractivity contribution in [2.45, 2.75) is 45.3 Å². The molecule has 2 bridgehead atoms. The van der Waals surface area contributed by atoms with Gasteiger partial charge in [-0.15, -0.1) is 0 Å². The first-order chi connectivity index (χ1) is 15.9. The van der Waals surface area contributed by atoms with Crippen LogP contribution in [0.2, 0.25) is 0 Å². The van der Waals surface area contributed by atoms with Gasteiger partial charge in [-0.1, -0.05) is 0 Å². The average molecular weight is 453 g/mol. The van der Waals surface area contributed by atoms with Crippen molar-refractivity contribution < 1.29 is 21.9 Å². The Morgan fingerprint density at radius 1 is 1.21 bits per heavy atom. The van der Waals surface area contributed by atoms with Gasteiger partial charge in [-0.25, -0.2) is 19.7 Å². The van der Waals surface area contributed by atoms with E-state index in [1.165, 1.54) is 0 Å². The molecule has 0 saturated carbocycles. The first kappa shape index (κ1) is 21.1. The zero-order chi connectivity index (χ0) is 22.9. The number of nitrogens with zero attached hydrogens (tertiary/aromatic N) is 4. The molecule has 3 unspecified atom stereocenters. The molecule has 3 atom stereocenters. The summed E-state index contributed by atoms with van der Waals surface area (Å²) in [7, 11) is 0. The van der Waals surface area contributed by atoms with Crippen molar-refractivity contribution in [3.63, 3.8) is 0 Å². The summed E-state index contributed by atoms with van der Waals surface area (Å²) >= 11 is 0. The van der Waals surface area contributed by atoms with E-state index in [-0.39, 0.29) is 26.9 Å². The lowest BCUT2D eigenvalue weighted by molar-refractivity contribution is -0.125. The lowest BCUT2D eigenvalue weighted by Gasteiger charge is -2.17. The van der Waals surface area contributed by atoms with Crippen LogP contribution in [0, 0.1) is 19.8 Å². The van der Waals surface area contributed by atoms with E-state index in [2.05, 4.69) is 25.6 Å². The molecular weight excluding hydrogens is 424 g/mol. The molecule has 0 radical (unpaired) electrons. The van der Waals surface area contributed by atoms with Crippen LogP contribution >= 0.6 is 0 Å². The molecule has 2 fully saturated rings. The van der Waals surface area contributed by atoms with Crippen molar-refractivity contribution >= 4 is 17.8 Å². The third kappa shape index (κ3) is 4.56. The van der Waals surface area contributed by atoms with Gasteiger partial charge in [-0.2, -0.15) is 0 Å². The van der Waals surface area contributed by atoms with Crippen LogP contribution in [0.25, 0.3) is 5.82 Å². The highest BCUT2D eigenvalue weighted by molar-refractivity contribution is 6.01. The summed E-state index contributed by atoms with van der Waals surface area (Å²) in [5.74, 6) is 1.55. The number of imidazole rings is 1. The fourth-order valence-corrected chi connectivity index (χ4v) is 4.27. The number of fused-ring (bicyclic) bond motifs is 2. The standard InChI is InChI=1S/C23H24N6O4.2H2/c1-13-11-29(12-25-13)21-10-16(7-8-24-21)32-18-5-6-20(26-14(18)2)27-23(31)28-22(30)17-9-15-3-4-19(17)33-15;;/h5-8,10-12,15,17,19H,3-4,9H2,1-2H3,(H2,26,27,28,30,31);2*1H. The Morgan fingerprint density at radius 3 is 2.79 bits per heavy atom. The van der Waals surface area contributed by atoms with E-state index in [0.29, 0.717) is 35.2 Å². The van der Waals surface area contributed by atoms with E-state index in [0.717, 1.165) is 18.5 Å². The highest BCUT2D eigenvalue weighted by Gasteiger charge is 2.44. The van der Waals surface area contributed by atoms with Crippen molar-refractivity contribution in [3.05, 3.63) is 54.4 Å². The van der Waals surface area contributed by atoms with Crippen LogP contribution in [-0.2, 0) is 9.53 Å². The number of carbonyl (C=O) groups excluding carboxylic acids is 2. The second kappa shape index (κ2) is 8.62. The van der Waals surface area contributed by atoms with E-state index < -0.39 is 6.03 Å². The summed E-state index contributed by atoms with van der Waals surface area (Å²) in [6.45, 7) is 3.68. The third-order valence-electron chi connectivity index (χ3n) is 5.88. The van der Waals surface area contributed by atoms with Crippen LogP contribution in [0.4, 0.5) is 10.6 Å². The van der Waals surface area contributed by atoms with Crippen molar-refractivity contribution in [2.75, 3.05) is 5.32 Å². The van der Waals surface area contributed by atoms with Crippen LogP contribution in [0.1, 0.15) is 33.5 Å². The van der Waals surface area contributed by atoms with Crippen LogP contribution in [0.3, 0.4) is 0 Å². The Hall–Kier alpha value is -3.79. The van der Waals surface area contributed by atoms with Crippen LogP contribution in [-0.4, -0.2) is 43.7 Å². The zero-order valence-electron chi connectivity index (χ0n) is 18.3. The molecule has 174 valence electrons. The fraction of sp³-hybridized carbons (Fsp3) is 0.348. The van der Waals surface area contributed by atoms with Gasteiger partial charge in [-0.05, 0) is 51.3 Å². The number of nitrogens with one attached hydrogen (secondary N) is 2. The molecular formula is C23H28N6O4. The summed E-state index contributed by atoms with van der Waals surface area (Å²) < 4.78 is 13.5. The first-order valence-electron chi connectivity index (χ1n) is 10.8. The van der Waals surface area contributed by atoms with Gasteiger partial charge in [0.05, 0.1) is 29.5 Å². The van der Waals surface area contributed by atoms with Gasteiger partial charge in [0.25, 0.3) is 0 Å². The normalized spacial score (nSPS) is 21.1. The molecule has 2 N–H and O–H groups in total. The summed E-state index contributed by atoms with van der Waals surface area (Å²) in [6.07, 6.45) is 7.81. The molecule has 33 heavy (non-hydrogen) atoms. The second-order valence-corrected chi connectivity index (χ2v) is 8.31. The number of pyridine rings is 2. The number of urea groups is 1. The molecule has 2 saturated heterocycles. The quantitative estimate of drug-likeness (QED) is 0.604. The van der Waals surface area contributed by atoms with Gasteiger partial charge < -0.3 is 9.47 Å². The lowest BCUT2D eigenvalue weighted by Crippen LogP contribution is -2.41. The van der Waals surface area contributed by atoms with Crippen molar-refractivity contribution in [2.24, 2.45) is 5.92 Å². The Morgan fingerprint density at radius 2 is 2.09 bits per heavy atom. The number of rotatable bonds is 5. The minimum atomic E-state index is -0.613. The van der Waals surface area contributed by atoms with E-state index >= 15 is 0 Å². The highest BCUT2D eigenvalue weighted by atomic mass is 16.5. The van der Waals surface area contributed by atoms with Crippen LogP contribution < -0.4 is 15.4 Å². The molecule has 10 nitrogen and oxygen atoms in total. The van der Waals surface area contributed by atoms with Gasteiger partial charge in [0, 0.05) is 21.3 Å². The van der Waals surface area contributed by atoms with Gasteiger partial charge in [0.2, 0.25) is 5.91 Å². The van der Waals surface area contributed by atoms with Gasteiger partial charge >= 0.3 is 6.03 Å². The van der Waals surface area contributed by atoms with Crippen molar-refractivity contribution in [3.8, 4) is 17.3 Å². The Labute approximate surface area is 193 Å². The maximum absolute atomic E-state index is 12.4. The Bertz CT molecular complexity index is 1220. The predicted octanol–water partition coefficient (Wildman–Crippen LogP) is 3.78. The van der Waals surface area contributed by atoms with Gasteiger partial charge in [0.15, 0.2) is 0 Å². The molecule has 0 aliphatic carbocycles. The molecule has 3 aromatic rings. The molecule has 10 heteroatoms. The molecule has 0 aromatic carbocycles. The SMILES string of the molecule is Cc1cn(-c2cc(Oc3ccc(NC(=O)NC(=O)C4CC5CCC4O5)nc3C)ccn2)cn1.[HH].[HH]. The topological polar surface area (TPSA) is 120 Å². The smallest absolute Gasteiger partial charge is 0.327 e. The molecule has 3 aromatic heterocycles. The molecule has 2 aliphatic rings. The highest BCUT2D eigenvalue weighted by Crippen LogP contribution is 2.38. The average Bonchev–Trinajstić information content (AvgIpc) is 3.53. The Kier molecular flexibility index (Phi) is 5.51. The summed E-state index contributed by atoms with van der Waals surface area (Å²) in [4.78, 5) is 37.6. The number of anilines is 1. The zero-order valence-corrected chi connectivity index (χ0v) is 18.3. The van der Waals surface area contributed by atoms with Gasteiger partial charge in [-0.3, -0.25) is 20.0 Å². The van der Waals surface area contributed by atoms with E-state index in [1.54, 1.807) is 43.7 Å². The monoisotopic (exact) mass is 452 g/mol. The Balaban J connectivity index is 0.00000171. The molecule has 3 amide bonds. The number of amides is 3. The number of hydrogen-bond donors (Lipinski definition) is 2. The molecule has 0 spiro atoms. The van der Waals surface area contributed by atoms with E-state index in [4.69, 9.17) is 9.47 Å². The minimum Gasteiger partial charge on any atom is -0.455 e. The summed E-state index contributed by atoms with van der Waals surface area (Å²) in [5.41, 5.74) is 1.47. The second-order valence-electron chi connectivity index (χ2n) is 8.31. The number of hydrogen-bond acceptors (Lipinski definition) is 7. The predicted molar refractivity (Wildman–Crippen MR) is 123 cm³/mol. The number of aromatic nitrogens is 4. The van der Waals surface area contributed by atoms with Gasteiger partial charge in [0.1, 0.15) is 29.5 Å². The molecule has 5 rings (SSSR count). The largest absolute Gasteiger partial charge is 0.455 e.